The van der Waals surface area contributed by atoms with E-state index < -0.39 is 29.7 Å². The molecule has 150 valence electrons. The lowest BCUT2D eigenvalue weighted by Gasteiger charge is -2.36. The molecular weight excluding hydrogens is 373 g/mol. The monoisotopic (exact) mass is 394 g/mol. The van der Waals surface area contributed by atoms with Crippen molar-refractivity contribution in [1.29, 1.82) is 0 Å². The van der Waals surface area contributed by atoms with E-state index >= 15 is 0 Å². The molecule has 1 saturated carbocycles. The number of nitrogens with two attached hydrogens (primary N) is 2. The van der Waals surface area contributed by atoms with Gasteiger partial charge in [0, 0.05) is 18.7 Å². The molecule has 3 rings (SSSR count). The average Bonchev–Trinajstić information content (AvgIpc) is 2.61. The van der Waals surface area contributed by atoms with Crippen LogP contribution in [0.1, 0.15) is 35.2 Å². The molecule has 6 N–H and O–H groups in total. The van der Waals surface area contributed by atoms with Crippen LogP contribution in [0.5, 0.6) is 0 Å². The molecule has 2 aromatic rings. The Morgan fingerprint density at radius 1 is 1.29 bits per heavy atom. The molecule has 0 radical (unpaired) electrons. The Morgan fingerprint density at radius 3 is 2.71 bits per heavy atom. The minimum Gasteiger partial charge on any atom is -0.365 e. The Morgan fingerprint density at radius 2 is 2.04 bits per heavy atom. The topological polar surface area (TPSA) is 119 Å². The van der Waals surface area contributed by atoms with E-state index in [0.717, 1.165) is 11.6 Å². The normalized spacial score (nSPS) is 21.2. The van der Waals surface area contributed by atoms with E-state index in [1.807, 2.05) is 6.92 Å². The first-order valence-corrected chi connectivity index (χ1v) is 8.76. The highest BCUT2D eigenvalue weighted by atomic mass is 19.3. The van der Waals surface area contributed by atoms with Gasteiger partial charge in [0.2, 0.25) is 0 Å². The maximum Gasteiger partial charge on any atom is 0.264 e. The van der Waals surface area contributed by atoms with Crippen molar-refractivity contribution in [3.8, 4) is 0 Å². The van der Waals surface area contributed by atoms with Crippen LogP contribution < -0.4 is 22.1 Å². The van der Waals surface area contributed by atoms with Gasteiger partial charge in [-0.1, -0.05) is 0 Å². The third kappa shape index (κ3) is 4.16. The van der Waals surface area contributed by atoms with Crippen molar-refractivity contribution < 1.29 is 18.0 Å². The number of nitrogens with one attached hydrogen (secondary N) is 2. The molecular formula is C18H21F3N6O. The summed E-state index contributed by atoms with van der Waals surface area (Å²) in [5.74, 6) is -5.12. The second-order valence-electron chi connectivity index (χ2n) is 6.89. The molecule has 1 fully saturated rings. The van der Waals surface area contributed by atoms with Gasteiger partial charge in [0.25, 0.3) is 11.8 Å². The Kier molecular flexibility index (Phi) is 5.41. The first-order valence-electron chi connectivity index (χ1n) is 8.76. The summed E-state index contributed by atoms with van der Waals surface area (Å²) >= 11 is 0. The summed E-state index contributed by atoms with van der Waals surface area (Å²) < 4.78 is 42.2. The third-order valence-corrected chi connectivity index (χ3v) is 4.65. The number of rotatable bonds is 5. The standard InChI is InChI=1S/C18H21F3N6O/c1-9-5-10(8-24-7-9)25-16-11(15(23)28)6-12(19)17(27-16)26-13-3-2-4-18(20,21)14(13)22/h5-8,13-14H,2-4,22H2,1H3,(H2,23,28)(H2,25,26,27)/t13-,14-/m1/s1. The third-order valence-electron chi connectivity index (χ3n) is 4.65. The molecule has 0 aromatic carbocycles. The number of aromatic nitrogens is 2. The number of anilines is 3. The van der Waals surface area contributed by atoms with Crippen molar-refractivity contribution in [3.63, 3.8) is 0 Å². The predicted octanol–water partition coefficient (Wildman–Crippen LogP) is 2.69. The van der Waals surface area contributed by atoms with E-state index in [1.54, 1.807) is 12.3 Å². The highest BCUT2D eigenvalue weighted by Crippen LogP contribution is 2.34. The number of hydrogen-bond donors (Lipinski definition) is 4. The van der Waals surface area contributed by atoms with Gasteiger partial charge in [-0.25, -0.2) is 18.2 Å². The SMILES string of the molecule is Cc1cncc(Nc2nc(N[C@@H]3CCCC(F)(F)[C@@H]3N)c(F)cc2C(N)=O)c1. The highest BCUT2D eigenvalue weighted by Gasteiger charge is 2.45. The highest BCUT2D eigenvalue weighted by molar-refractivity contribution is 5.98. The molecule has 2 aromatic heterocycles. The number of carbonyl (C=O) groups excluding carboxylic acids is 1. The summed E-state index contributed by atoms with van der Waals surface area (Å²) in [5.41, 5.74) is 12.1. The van der Waals surface area contributed by atoms with Gasteiger partial charge in [0.15, 0.2) is 11.6 Å². The molecule has 7 nitrogen and oxygen atoms in total. The Balaban J connectivity index is 1.93. The molecule has 1 aliphatic rings. The number of primary amides is 1. The number of halogens is 3. The summed E-state index contributed by atoms with van der Waals surface area (Å²) in [6.45, 7) is 1.82. The van der Waals surface area contributed by atoms with Gasteiger partial charge >= 0.3 is 0 Å². The van der Waals surface area contributed by atoms with Crippen molar-refractivity contribution in [2.45, 2.75) is 44.2 Å². The summed E-state index contributed by atoms with van der Waals surface area (Å²) in [6.07, 6.45) is 3.42. The Hall–Kier alpha value is -2.88. The maximum absolute atomic E-state index is 14.5. The van der Waals surface area contributed by atoms with Crippen molar-refractivity contribution in [2.75, 3.05) is 10.6 Å². The van der Waals surface area contributed by atoms with E-state index in [1.165, 1.54) is 6.20 Å². The maximum atomic E-state index is 14.5. The van der Waals surface area contributed by atoms with Crippen LogP contribution in [0.25, 0.3) is 0 Å². The van der Waals surface area contributed by atoms with Crippen molar-refractivity contribution in [2.24, 2.45) is 11.5 Å². The lowest BCUT2D eigenvalue weighted by Crippen LogP contribution is -2.55. The van der Waals surface area contributed by atoms with Crippen LogP contribution in [0.3, 0.4) is 0 Å². The molecule has 0 spiro atoms. The average molecular weight is 394 g/mol. The van der Waals surface area contributed by atoms with Crippen LogP contribution >= 0.6 is 0 Å². The zero-order valence-corrected chi connectivity index (χ0v) is 15.2. The minimum absolute atomic E-state index is 0.0139. The quantitative estimate of drug-likeness (QED) is 0.619. The minimum atomic E-state index is -3.05. The molecule has 0 bridgehead atoms. The van der Waals surface area contributed by atoms with Gasteiger partial charge < -0.3 is 22.1 Å². The van der Waals surface area contributed by atoms with E-state index in [4.69, 9.17) is 11.5 Å². The van der Waals surface area contributed by atoms with Gasteiger partial charge in [-0.2, -0.15) is 0 Å². The van der Waals surface area contributed by atoms with E-state index in [9.17, 15) is 18.0 Å². The molecule has 2 atom stereocenters. The summed E-state index contributed by atoms with van der Waals surface area (Å²) in [5, 5.41) is 5.53. The van der Waals surface area contributed by atoms with Gasteiger partial charge in [0.05, 0.1) is 23.5 Å². The van der Waals surface area contributed by atoms with Crippen molar-refractivity contribution in [3.05, 3.63) is 41.5 Å². The van der Waals surface area contributed by atoms with Crippen LogP contribution in [0.2, 0.25) is 0 Å². The second kappa shape index (κ2) is 7.63. The molecule has 1 amide bonds. The number of hydrogen-bond acceptors (Lipinski definition) is 6. The molecule has 1 aliphatic carbocycles. The molecule has 0 unspecified atom stereocenters. The van der Waals surface area contributed by atoms with Crippen LogP contribution in [0.4, 0.5) is 30.5 Å². The predicted molar refractivity (Wildman–Crippen MR) is 99.2 cm³/mol. The second-order valence-corrected chi connectivity index (χ2v) is 6.89. The zero-order valence-electron chi connectivity index (χ0n) is 15.2. The number of pyridine rings is 2. The molecule has 10 heteroatoms. The van der Waals surface area contributed by atoms with Gasteiger partial charge in [0.1, 0.15) is 5.82 Å². The summed E-state index contributed by atoms with van der Waals surface area (Å²) in [4.78, 5) is 19.8. The van der Waals surface area contributed by atoms with Crippen LogP contribution in [0.15, 0.2) is 24.5 Å². The van der Waals surface area contributed by atoms with Crippen molar-refractivity contribution >= 4 is 23.2 Å². The number of alkyl halides is 2. The first-order chi connectivity index (χ1) is 13.2. The Bertz CT molecular complexity index is 892. The largest absolute Gasteiger partial charge is 0.365 e. The van der Waals surface area contributed by atoms with E-state index in [-0.39, 0.29) is 30.0 Å². The number of nitrogens with zero attached hydrogens (tertiary/aromatic N) is 2. The molecule has 28 heavy (non-hydrogen) atoms. The van der Waals surface area contributed by atoms with Gasteiger partial charge in [-0.15, -0.1) is 0 Å². The van der Waals surface area contributed by atoms with Gasteiger partial charge in [-0.3, -0.25) is 9.78 Å². The smallest absolute Gasteiger partial charge is 0.264 e. The van der Waals surface area contributed by atoms with E-state index in [0.29, 0.717) is 12.1 Å². The molecule has 0 saturated heterocycles. The Labute approximate surface area is 159 Å². The number of carbonyl (C=O) groups is 1. The lowest BCUT2D eigenvalue weighted by atomic mass is 9.87. The fourth-order valence-corrected chi connectivity index (χ4v) is 3.17. The fraction of sp³-hybridized carbons (Fsp3) is 0.389. The molecule has 0 aliphatic heterocycles. The van der Waals surface area contributed by atoms with Crippen LogP contribution in [0, 0.1) is 12.7 Å². The summed E-state index contributed by atoms with van der Waals surface area (Å²) in [6, 6.07) is 0.317. The van der Waals surface area contributed by atoms with Crippen molar-refractivity contribution in [1.82, 2.24) is 9.97 Å². The van der Waals surface area contributed by atoms with E-state index in [2.05, 4.69) is 20.6 Å². The van der Waals surface area contributed by atoms with Crippen LogP contribution in [-0.4, -0.2) is 33.9 Å². The zero-order chi connectivity index (χ0) is 20.5. The summed E-state index contributed by atoms with van der Waals surface area (Å²) in [7, 11) is 0. The van der Waals surface area contributed by atoms with Crippen LogP contribution in [-0.2, 0) is 0 Å². The number of aryl methyl sites for hydroxylation is 1. The first kappa shape index (κ1) is 19.9. The fourth-order valence-electron chi connectivity index (χ4n) is 3.17. The molecule has 2 heterocycles. The lowest BCUT2D eigenvalue weighted by molar-refractivity contribution is -0.0555. The van der Waals surface area contributed by atoms with Gasteiger partial charge in [-0.05, 0) is 37.5 Å². The number of amides is 1.